The third-order valence-corrected chi connectivity index (χ3v) is 7.15. The Morgan fingerprint density at radius 1 is 1.17 bits per heavy atom. The summed E-state index contributed by atoms with van der Waals surface area (Å²) in [4.78, 5) is 33.9. The number of halogens is 2. The van der Waals surface area contributed by atoms with Crippen LogP contribution in [0.5, 0.6) is 5.75 Å². The summed E-state index contributed by atoms with van der Waals surface area (Å²) in [6.07, 6.45) is 3.28. The monoisotopic (exact) mass is 520 g/mol. The number of rotatable bonds is 5. The molecule has 2 atom stereocenters. The van der Waals surface area contributed by atoms with Crippen LogP contribution in [0.25, 0.3) is 0 Å². The molecule has 0 radical (unpaired) electrons. The van der Waals surface area contributed by atoms with Crippen LogP contribution in [0.3, 0.4) is 0 Å². The first kappa shape index (κ1) is 26.4. The van der Waals surface area contributed by atoms with Gasteiger partial charge in [0, 0.05) is 56.4 Å². The van der Waals surface area contributed by atoms with Crippen molar-refractivity contribution < 1.29 is 23.5 Å². The normalized spacial score (nSPS) is 25.8. The van der Waals surface area contributed by atoms with Gasteiger partial charge in [-0.1, -0.05) is 11.6 Å². The number of aliphatic imine (C=N–C) groups is 1. The molecule has 1 aromatic rings. The van der Waals surface area contributed by atoms with Crippen LogP contribution in [0.15, 0.2) is 34.5 Å². The van der Waals surface area contributed by atoms with Gasteiger partial charge in [-0.2, -0.15) is 0 Å². The minimum Gasteiger partial charge on any atom is -0.489 e. The van der Waals surface area contributed by atoms with Crippen LogP contribution >= 0.6 is 11.6 Å². The lowest BCUT2D eigenvalue weighted by molar-refractivity contribution is -0.139. The summed E-state index contributed by atoms with van der Waals surface area (Å²) in [6, 6.07) is 4.04. The number of hydrogen-bond donors (Lipinski definition) is 1. The second-order valence-corrected chi connectivity index (χ2v) is 10.2. The zero-order chi connectivity index (χ0) is 25.8. The molecular formula is C26H34ClFN4O4. The average Bonchev–Trinajstić information content (AvgIpc) is 3.32. The van der Waals surface area contributed by atoms with Crippen LogP contribution in [-0.4, -0.2) is 78.4 Å². The van der Waals surface area contributed by atoms with Crippen molar-refractivity contribution in [1.29, 1.82) is 0 Å². The molecule has 2 amide bonds. The van der Waals surface area contributed by atoms with Crippen LogP contribution in [0, 0.1) is 5.82 Å². The predicted molar refractivity (Wildman–Crippen MR) is 136 cm³/mol. The molecule has 2 saturated heterocycles. The maximum atomic E-state index is 13.5. The molecule has 1 aliphatic carbocycles. The van der Waals surface area contributed by atoms with Crippen molar-refractivity contribution in [2.24, 2.45) is 10.7 Å². The van der Waals surface area contributed by atoms with Gasteiger partial charge in [-0.3, -0.25) is 14.6 Å². The number of allylic oxidation sites excluding steroid dienone is 1. The van der Waals surface area contributed by atoms with Gasteiger partial charge in [0.2, 0.25) is 5.91 Å². The van der Waals surface area contributed by atoms with Crippen molar-refractivity contribution in [1.82, 2.24) is 9.80 Å². The summed E-state index contributed by atoms with van der Waals surface area (Å²) in [6.45, 7) is 5.97. The molecule has 3 fully saturated rings. The molecule has 4 rings (SSSR count). The van der Waals surface area contributed by atoms with Crippen LogP contribution in [-0.2, 0) is 14.3 Å². The van der Waals surface area contributed by atoms with E-state index >= 15 is 0 Å². The first-order chi connectivity index (χ1) is 17.2. The minimum absolute atomic E-state index is 0.0210. The van der Waals surface area contributed by atoms with Gasteiger partial charge in [0.05, 0.1) is 17.2 Å². The number of ether oxygens (including phenoxy) is 2. The van der Waals surface area contributed by atoms with E-state index in [4.69, 9.17) is 26.8 Å². The average molecular weight is 521 g/mol. The first-order valence-corrected chi connectivity index (χ1v) is 13.0. The van der Waals surface area contributed by atoms with Gasteiger partial charge in [0.1, 0.15) is 29.9 Å². The van der Waals surface area contributed by atoms with E-state index in [9.17, 15) is 14.0 Å². The maximum Gasteiger partial charge on any atom is 0.270 e. The summed E-state index contributed by atoms with van der Waals surface area (Å²) in [5.74, 6) is -0.343. The summed E-state index contributed by atoms with van der Waals surface area (Å²) < 4.78 is 25.1. The number of nitrogens with zero attached hydrogens (tertiary/aromatic N) is 3. The topological polar surface area (TPSA) is 97.5 Å². The Morgan fingerprint density at radius 2 is 1.86 bits per heavy atom. The first-order valence-electron chi connectivity index (χ1n) is 12.6. The van der Waals surface area contributed by atoms with E-state index in [1.165, 1.54) is 18.2 Å². The second-order valence-electron chi connectivity index (χ2n) is 9.75. The maximum absolute atomic E-state index is 13.5. The fraction of sp³-hybridized carbons (Fsp3) is 0.577. The highest BCUT2D eigenvalue weighted by atomic mass is 35.5. The van der Waals surface area contributed by atoms with E-state index in [1.807, 2.05) is 13.8 Å². The number of benzene rings is 1. The fourth-order valence-electron chi connectivity index (χ4n) is 5.07. The molecule has 0 spiro atoms. The summed E-state index contributed by atoms with van der Waals surface area (Å²) in [5, 5.41) is 0.363. The third kappa shape index (κ3) is 6.37. The summed E-state index contributed by atoms with van der Waals surface area (Å²) in [5.41, 5.74) is 8.05. The van der Waals surface area contributed by atoms with Crippen LogP contribution in [0.1, 0.15) is 46.0 Å². The second kappa shape index (κ2) is 11.6. The SMILES string of the molecule is C[C@@H]1CN(C(=O)C(N)=C2CCCC2=NCC(=O)N2CCC(Oc3cc(F)ccc3Cl)CC2)C[C@H](C)O1. The summed E-state index contributed by atoms with van der Waals surface area (Å²) in [7, 11) is 0. The van der Waals surface area contributed by atoms with E-state index in [0.717, 1.165) is 17.7 Å². The zero-order valence-corrected chi connectivity index (χ0v) is 21.6. The number of likely N-dealkylation sites (tertiary alicyclic amines) is 1. The molecule has 36 heavy (non-hydrogen) atoms. The molecule has 0 bridgehead atoms. The van der Waals surface area contributed by atoms with Gasteiger partial charge in [-0.25, -0.2) is 4.39 Å². The smallest absolute Gasteiger partial charge is 0.270 e. The summed E-state index contributed by atoms with van der Waals surface area (Å²) >= 11 is 6.10. The Balaban J connectivity index is 1.32. The van der Waals surface area contributed by atoms with Crippen molar-refractivity contribution in [3.05, 3.63) is 40.3 Å². The lowest BCUT2D eigenvalue weighted by Gasteiger charge is -2.35. The fourth-order valence-corrected chi connectivity index (χ4v) is 5.23. The predicted octanol–water partition coefficient (Wildman–Crippen LogP) is 3.32. The van der Waals surface area contributed by atoms with Crippen molar-refractivity contribution in [2.45, 2.75) is 64.3 Å². The van der Waals surface area contributed by atoms with Crippen molar-refractivity contribution >= 4 is 29.1 Å². The molecule has 10 heteroatoms. The molecule has 0 unspecified atom stereocenters. The number of carbonyl (C=O) groups is 2. The van der Waals surface area contributed by atoms with E-state index in [0.29, 0.717) is 62.6 Å². The number of carbonyl (C=O) groups excluding carboxylic acids is 2. The highest BCUT2D eigenvalue weighted by Gasteiger charge is 2.30. The largest absolute Gasteiger partial charge is 0.489 e. The molecule has 2 aliphatic heterocycles. The van der Waals surface area contributed by atoms with Crippen molar-refractivity contribution in [2.75, 3.05) is 32.7 Å². The zero-order valence-electron chi connectivity index (χ0n) is 20.8. The van der Waals surface area contributed by atoms with Crippen molar-refractivity contribution in [3.8, 4) is 5.75 Å². The number of hydrogen-bond acceptors (Lipinski definition) is 6. The van der Waals surface area contributed by atoms with Gasteiger partial charge in [-0.05, 0) is 45.2 Å². The number of piperidine rings is 1. The molecule has 1 saturated carbocycles. The molecule has 2 heterocycles. The van der Waals surface area contributed by atoms with Crippen molar-refractivity contribution in [3.63, 3.8) is 0 Å². The van der Waals surface area contributed by atoms with Gasteiger partial charge >= 0.3 is 0 Å². The van der Waals surface area contributed by atoms with Gasteiger partial charge in [-0.15, -0.1) is 0 Å². The quantitative estimate of drug-likeness (QED) is 0.601. The number of nitrogens with two attached hydrogens (primary N) is 1. The standard InChI is InChI=1S/C26H34ClFN4O4/c1-16-14-32(15-17(2)35-16)26(34)25(29)20-4-3-5-22(20)30-13-24(33)31-10-8-19(9-11-31)36-23-12-18(28)6-7-21(23)27/h6-7,12,16-17,19H,3-5,8-11,13-15,29H2,1-2H3/t16-,17+. The Labute approximate surface area is 216 Å². The lowest BCUT2D eigenvalue weighted by atomic mass is 10.1. The van der Waals surface area contributed by atoms with E-state index in [1.54, 1.807) is 9.80 Å². The Bertz CT molecular complexity index is 1040. The molecule has 1 aromatic carbocycles. The van der Waals surface area contributed by atoms with Crippen LogP contribution in [0.4, 0.5) is 4.39 Å². The van der Waals surface area contributed by atoms with Gasteiger partial charge in [0.25, 0.3) is 5.91 Å². The molecule has 2 N–H and O–H groups in total. The van der Waals surface area contributed by atoms with Gasteiger partial charge < -0.3 is 25.0 Å². The third-order valence-electron chi connectivity index (χ3n) is 6.84. The highest BCUT2D eigenvalue weighted by molar-refractivity contribution is 6.32. The lowest BCUT2D eigenvalue weighted by Crippen LogP contribution is -2.49. The molecular weight excluding hydrogens is 487 g/mol. The minimum atomic E-state index is -0.405. The Kier molecular flexibility index (Phi) is 8.51. The van der Waals surface area contributed by atoms with Gasteiger partial charge in [0.15, 0.2) is 0 Å². The van der Waals surface area contributed by atoms with Crippen LogP contribution < -0.4 is 10.5 Å². The van der Waals surface area contributed by atoms with E-state index in [-0.39, 0.29) is 42.4 Å². The molecule has 3 aliphatic rings. The Morgan fingerprint density at radius 3 is 2.56 bits per heavy atom. The van der Waals surface area contributed by atoms with E-state index in [2.05, 4.69) is 4.99 Å². The number of morpholine rings is 1. The highest BCUT2D eigenvalue weighted by Crippen LogP contribution is 2.28. The molecule has 8 nitrogen and oxygen atoms in total. The van der Waals surface area contributed by atoms with Crippen LogP contribution in [0.2, 0.25) is 5.02 Å². The van der Waals surface area contributed by atoms with E-state index < -0.39 is 5.82 Å². The Hall–Kier alpha value is -2.65. The molecule has 196 valence electrons. The number of amides is 2. The molecule has 0 aromatic heterocycles.